The molecule has 1 aliphatic rings. The fraction of sp³-hybridized carbons (Fsp3) is 0.538. The van der Waals surface area contributed by atoms with Gasteiger partial charge in [-0.15, -0.1) is 11.8 Å². The van der Waals surface area contributed by atoms with Gasteiger partial charge in [-0.2, -0.15) is 0 Å². The van der Waals surface area contributed by atoms with E-state index in [1.807, 2.05) is 17.8 Å². The zero-order chi connectivity index (χ0) is 12.1. The molecular formula is C13H19NO2S. The summed E-state index contributed by atoms with van der Waals surface area (Å²) in [7, 11) is 3.34. The molecular weight excluding hydrogens is 234 g/mol. The van der Waals surface area contributed by atoms with Crippen LogP contribution in [0.1, 0.15) is 12.8 Å². The molecule has 1 N–H and O–H groups in total. The molecule has 17 heavy (non-hydrogen) atoms. The predicted molar refractivity (Wildman–Crippen MR) is 71.3 cm³/mol. The highest BCUT2D eigenvalue weighted by Gasteiger charge is 2.15. The SMILES string of the molecule is COc1ccc(SC2CCCNC2)cc1OC. The molecule has 3 nitrogen and oxygen atoms in total. The number of thioether (sulfide) groups is 1. The number of ether oxygens (including phenoxy) is 2. The van der Waals surface area contributed by atoms with E-state index in [0.29, 0.717) is 5.25 Å². The van der Waals surface area contributed by atoms with Crippen molar-refractivity contribution in [1.82, 2.24) is 5.32 Å². The molecule has 1 aromatic rings. The van der Waals surface area contributed by atoms with Crippen LogP contribution in [0.25, 0.3) is 0 Å². The summed E-state index contributed by atoms with van der Waals surface area (Å²) in [4.78, 5) is 1.25. The van der Waals surface area contributed by atoms with Gasteiger partial charge in [-0.25, -0.2) is 0 Å². The van der Waals surface area contributed by atoms with E-state index >= 15 is 0 Å². The Morgan fingerprint density at radius 1 is 1.24 bits per heavy atom. The molecule has 0 aromatic heterocycles. The van der Waals surface area contributed by atoms with Crippen LogP contribution in [-0.2, 0) is 0 Å². The second-order valence-corrected chi connectivity index (χ2v) is 5.48. The molecule has 0 saturated carbocycles. The smallest absolute Gasteiger partial charge is 0.161 e. The Balaban J connectivity index is 2.05. The fourth-order valence-corrected chi connectivity index (χ4v) is 3.20. The first-order valence-electron chi connectivity index (χ1n) is 5.93. The Labute approximate surface area is 107 Å². The number of nitrogens with one attached hydrogen (secondary N) is 1. The third kappa shape index (κ3) is 3.30. The van der Waals surface area contributed by atoms with Crippen molar-refractivity contribution in [2.45, 2.75) is 23.0 Å². The van der Waals surface area contributed by atoms with E-state index in [0.717, 1.165) is 24.6 Å². The standard InChI is InChI=1S/C13H19NO2S/c1-15-12-6-5-10(8-13(12)16-2)17-11-4-3-7-14-9-11/h5-6,8,11,14H,3-4,7,9H2,1-2H3. The van der Waals surface area contributed by atoms with Gasteiger partial charge in [0.15, 0.2) is 11.5 Å². The van der Waals surface area contributed by atoms with Gasteiger partial charge >= 0.3 is 0 Å². The van der Waals surface area contributed by atoms with Crippen molar-refractivity contribution in [2.75, 3.05) is 27.3 Å². The van der Waals surface area contributed by atoms with Crippen molar-refractivity contribution in [2.24, 2.45) is 0 Å². The molecule has 94 valence electrons. The van der Waals surface area contributed by atoms with Gasteiger partial charge in [0.1, 0.15) is 0 Å². The Morgan fingerprint density at radius 3 is 2.71 bits per heavy atom. The summed E-state index contributed by atoms with van der Waals surface area (Å²) < 4.78 is 10.5. The summed E-state index contributed by atoms with van der Waals surface area (Å²) in [6.45, 7) is 2.25. The summed E-state index contributed by atoms with van der Waals surface area (Å²) in [5, 5.41) is 4.10. The molecule has 0 bridgehead atoms. The molecule has 1 saturated heterocycles. The van der Waals surface area contributed by atoms with Gasteiger partial charge in [0.05, 0.1) is 14.2 Å². The van der Waals surface area contributed by atoms with E-state index in [1.165, 1.54) is 17.7 Å². The van der Waals surface area contributed by atoms with Crippen LogP contribution in [0.5, 0.6) is 11.5 Å². The maximum absolute atomic E-state index is 5.31. The molecule has 1 aromatic carbocycles. The van der Waals surface area contributed by atoms with E-state index in [9.17, 15) is 0 Å². The van der Waals surface area contributed by atoms with Crippen LogP contribution in [0.3, 0.4) is 0 Å². The van der Waals surface area contributed by atoms with Gasteiger partial charge in [0.25, 0.3) is 0 Å². The minimum Gasteiger partial charge on any atom is -0.493 e. The zero-order valence-corrected chi connectivity index (χ0v) is 11.2. The number of rotatable bonds is 4. The lowest BCUT2D eigenvalue weighted by molar-refractivity contribution is 0.354. The van der Waals surface area contributed by atoms with Crippen molar-refractivity contribution in [1.29, 1.82) is 0 Å². The van der Waals surface area contributed by atoms with E-state index < -0.39 is 0 Å². The molecule has 0 radical (unpaired) electrons. The summed E-state index contributed by atoms with van der Waals surface area (Å²) in [6.07, 6.45) is 2.55. The highest BCUT2D eigenvalue weighted by Crippen LogP contribution is 2.34. The summed E-state index contributed by atoms with van der Waals surface area (Å²) in [5.74, 6) is 1.60. The van der Waals surface area contributed by atoms with Gasteiger partial charge in [-0.1, -0.05) is 0 Å². The third-order valence-electron chi connectivity index (χ3n) is 2.91. The van der Waals surface area contributed by atoms with Crippen LogP contribution in [0.2, 0.25) is 0 Å². The van der Waals surface area contributed by atoms with Crippen LogP contribution in [-0.4, -0.2) is 32.6 Å². The quantitative estimate of drug-likeness (QED) is 0.893. The highest BCUT2D eigenvalue weighted by atomic mass is 32.2. The predicted octanol–water partition coefficient (Wildman–Crippen LogP) is 2.55. The number of hydrogen-bond donors (Lipinski definition) is 1. The van der Waals surface area contributed by atoms with Crippen molar-refractivity contribution in [3.05, 3.63) is 18.2 Å². The van der Waals surface area contributed by atoms with Gasteiger partial charge in [0.2, 0.25) is 0 Å². The Hall–Kier alpha value is -0.870. The molecule has 0 amide bonds. The minimum atomic E-state index is 0.668. The van der Waals surface area contributed by atoms with Gasteiger partial charge in [0, 0.05) is 16.7 Å². The van der Waals surface area contributed by atoms with Crippen LogP contribution < -0.4 is 14.8 Å². The molecule has 0 aliphatic carbocycles. The van der Waals surface area contributed by atoms with E-state index in [2.05, 4.69) is 17.4 Å². The average Bonchev–Trinajstić information content (AvgIpc) is 2.40. The van der Waals surface area contributed by atoms with Crippen LogP contribution >= 0.6 is 11.8 Å². The molecule has 1 heterocycles. The molecule has 1 atom stereocenters. The van der Waals surface area contributed by atoms with Crippen molar-refractivity contribution in [3.8, 4) is 11.5 Å². The lowest BCUT2D eigenvalue weighted by Crippen LogP contribution is -2.31. The molecule has 2 rings (SSSR count). The first kappa shape index (κ1) is 12.6. The molecule has 1 aliphatic heterocycles. The number of benzene rings is 1. The Morgan fingerprint density at radius 2 is 2.06 bits per heavy atom. The van der Waals surface area contributed by atoms with Crippen LogP contribution in [0.15, 0.2) is 23.1 Å². The van der Waals surface area contributed by atoms with Crippen molar-refractivity contribution in [3.63, 3.8) is 0 Å². The maximum atomic E-state index is 5.31. The van der Waals surface area contributed by atoms with E-state index in [1.54, 1.807) is 14.2 Å². The largest absolute Gasteiger partial charge is 0.493 e. The summed E-state index contributed by atoms with van der Waals surface area (Å²) >= 11 is 1.92. The fourth-order valence-electron chi connectivity index (χ4n) is 2.00. The normalized spacial score (nSPS) is 20.0. The first-order valence-corrected chi connectivity index (χ1v) is 6.81. The number of piperidine rings is 1. The van der Waals surface area contributed by atoms with Crippen LogP contribution in [0, 0.1) is 0 Å². The Kier molecular flexibility index (Phi) is 4.57. The zero-order valence-electron chi connectivity index (χ0n) is 10.4. The van der Waals surface area contributed by atoms with Crippen molar-refractivity contribution < 1.29 is 9.47 Å². The molecule has 4 heteroatoms. The van der Waals surface area contributed by atoms with Crippen molar-refractivity contribution >= 4 is 11.8 Å². The van der Waals surface area contributed by atoms with Crippen LogP contribution in [0.4, 0.5) is 0 Å². The monoisotopic (exact) mass is 253 g/mol. The lowest BCUT2D eigenvalue weighted by atomic mass is 10.2. The molecule has 1 fully saturated rings. The van der Waals surface area contributed by atoms with E-state index in [-0.39, 0.29) is 0 Å². The molecule has 1 unspecified atom stereocenters. The minimum absolute atomic E-state index is 0.668. The topological polar surface area (TPSA) is 30.5 Å². The number of methoxy groups -OCH3 is 2. The molecule has 0 spiro atoms. The number of hydrogen-bond acceptors (Lipinski definition) is 4. The van der Waals surface area contributed by atoms with Gasteiger partial charge < -0.3 is 14.8 Å². The summed E-state index contributed by atoms with van der Waals surface area (Å²) in [6, 6.07) is 6.12. The lowest BCUT2D eigenvalue weighted by Gasteiger charge is -2.22. The van der Waals surface area contributed by atoms with Gasteiger partial charge in [-0.05, 0) is 37.6 Å². The third-order valence-corrected chi connectivity index (χ3v) is 4.17. The van der Waals surface area contributed by atoms with E-state index in [4.69, 9.17) is 9.47 Å². The van der Waals surface area contributed by atoms with Gasteiger partial charge in [-0.3, -0.25) is 0 Å². The Bertz CT molecular complexity index is 364. The average molecular weight is 253 g/mol. The summed E-state index contributed by atoms with van der Waals surface area (Å²) in [5.41, 5.74) is 0. The highest BCUT2D eigenvalue weighted by molar-refractivity contribution is 8.00. The second kappa shape index (κ2) is 6.17. The second-order valence-electron chi connectivity index (χ2n) is 4.10. The first-order chi connectivity index (χ1) is 8.33. The maximum Gasteiger partial charge on any atom is 0.161 e.